The fourth-order valence-electron chi connectivity index (χ4n) is 5.34. The van der Waals surface area contributed by atoms with Crippen molar-refractivity contribution in [3.8, 4) is 28.3 Å². The summed E-state index contributed by atoms with van der Waals surface area (Å²) >= 11 is 0. The summed E-state index contributed by atoms with van der Waals surface area (Å²) in [5, 5.41) is 14.0. The van der Waals surface area contributed by atoms with E-state index in [1.54, 1.807) is 43.8 Å². The molecule has 42 heavy (non-hydrogen) atoms. The number of nitrogens with two attached hydrogens (primary N) is 2. The molecule has 0 saturated heterocycles. The maximum atomic E-state index is 13.8. The van der Waals surface area contributed by atoms with Crippen LogP contribution in [0.15, 0.2) is 67.0 Å². The van der Waals surface area contributed by atoms with Crippen LogP contribution in [0.5, 0.6) is 5.75 Å². The number of pyridine rings is 1. The average Bonchev–Trinajstić information content (AvgIpc) is 3.57. The second-order valence-electron chi connectivity index (χ2n) is 10.3. The molecule has 0 aliphatic heterocycles. The molecule has 1 atom stereocenters. The molecular formula is C30H35ClN8O3. The second kappa shape index (κ2) is 14.1. The van der Waals surface area contributed by atoms with Crippen molar-refractivity contribution in [3.05, 3.63) is 72.6 Å². The molecule has 2 aromatic heterocycles. The monoisotopic (exact) mass is 590 g/mol. The number of carbonyl (C=O) groups is 2. The van der Waals surface area contributed by atoms with Crippen molar-refractivity contribution in [2.45, 2.75) is 38.1 Å². The van der Waals surface area contributed by atoms with E-state index in [0.29, 0.717) is 48.1 Å². The standard InChI is InChI=1S/C30H34N8O3.ClH/c1-41-27-18-33-15-14-25(27)21-6-2-19(3-7-21)16-26(32)30(40)38(29(39)23-8-4-20(17-31)5-9-23)24-12-10-22(11-13-24)28-34-36-37-35-28;/h2-3,6-7,10-15,18,20,23,26H,4-5,8-9,16-17,31-32H2,1H3,(H,34,35,36,37);1H/t20-,23-,26-;/m0./s1. The summed E-state index contributed by atoms with van der Waals surface area (Å²) in [7, 11) is 1.61. The van der Waals surface area contributed by atoms with Gasteiger partial charge >= 0.3 is 0 Å². The summed E-state index contributed by atoms with van der Waals surface area (Å²) in [5.74, 6) is 0.573. The summed E-state index contributed by atoms with van der Waals surface area (Å²) in [6, 6.07) is 15.7. The van der Waals surface area contributed by atoms with Crippen LogP contribution >= 0.6 is 12.4 Å². The van der Waals surface area contributed by atoms with Gasteiger partial charge in [-0.05, 0) is 91.2 Å². The maximum absolute atomic E-state index is 13.8. The molecule has 5 rings (SSSR count). The highest BCUT2D eigenvalue weighted by molar-refractivity contribution is 6.17. The quantitative estimate of drug-likeness (QED) is 0.264. The first-order valence-corrected chi connectivity index (χ1v) is 13.7. The van der Waals surface area contributed by atoms with Crippen molar-refractivity contribution in [2.75, 3.05) is 18.6 Å². The summed E-state index contributed by atoms with van der Waals surface area (Å²) in [6.45, 7) is 0.610. The molecule has 2 heterocycles. The lowest BCUT2D eigenvalue weighted by Gasteiger charge is -2.32. The molecule has 0 bridgehead atoms. The van der Waals surface area contributed by atoms with E-state index >= 15 is 0 Å². The highest BCUT2D eigenvalue weighted by atomic mass is 35.5. The Balaban J connectivity index is 0.00000405. The Labute approximate surface area is 250 Å². The van der Waals surface area contributed by atoms with Gasteiger partial charge in [-0.15, -0.1) is 22.6 Å². The van der Waals surface area contributed by atoms with Crippen LogP contribution in [0.1, 0.15) is 31.2 Å². The van der Waals surface area contributed by atoms with Gasteiger partial charge in [0.05, 0.1) is 25.0 Å². The number of H-pyrrole nitrogens is 1. The van der Waals surface area contributed by atoms with E-state index in [0.717, 1.165) is 29.5 Å². The number of nitrogens with zero attached hydrogens (tertiary/aromatic N) is 5. The summed E-state index contributed by atoms with van der Waals surface area (Å²) in [4.78, 5) is 33.0. The fraction of sp³-hybridized carbons (Fsp3) is 0.333. The van der Waals surface area contributed by atoms with Gasteiger partial charge in [-0.25, -0.2) is 4.90 Å². The molecule has 2 aromatic carbocycles. The molecule has 1 aliphatic carbocycles. The Bertz CT molecular complexity index is 1460. The molecular weight excluding hydrogens is 556 g/mol. The van der Waals surface area contributed by atoms with Crippen LogP contribution in [0.2, 0.25) is 0 Å². The first kappa shape index (κ1) is 30.8. The molecule has 0 spiro atoms. The number of aromatic amines is 1. The minimum Gasteiger partial charge on any atom is -0.494 e. The number of rotatable bonds is 9. The van der Waals surface area contributed by atoms with Gasteiger partial charge in [-0.2, -0.15) is 5.21 Å². The van der Waals surface area contributed by atoms with E-state index in [1.165, 1.54) is 4.90 Å². The molecule has 4 aromatic rings. The van der Waals surface area contributed by atoms with Crippen LogP contribution in [-0.2, 0) is 16.0 Å². The van der Waals surface area contributed by atoms with E-state index in [2.05, 4.69) is 25.6 Å². The SMILES string of the molecule is COc1cnccc1-c1ccc(C[C@H](N)C(=O)N(c2ccc(-c3nn[nH]n3)cc2)C(=O)[C@H]2CC[C@H](CN)CC2)cc1.Cl. The Morgan fingerprint density at radius 3 is 2.33 bits per heavy atom. The maximum Gasteiger partial charge on any atom is 0.251 e. The number of anilines is 1. The number of halogens is 1. The Morgan fingerprint density at radius 1 is 1.02 bits per heavy atom. The van der Waals surface area contributed by atoms with E-state index in [1.807, 2.05) is 30.3 Å². The Hall–Kier alpha value is -4.19. The number of aromatic nitrogens is 5. The third-order valence-corrected chi connectivity index (χ3v) is 7.74. The van der Waals surface area contributed by atoms with Crippen molar-refractivity contribution in [1.82, 2.24) is 25.6 Å². The molecule has 220 valence electrons. The zero-order chi connectivity index (χ0) is 28.8. The van der Waals surface area contributed by atoms with Crippen LogP contribution in [0.4, 0.5) is 5.69 Å². The highest BCUT2D eigenvalue weighted by Crippen LogP contribution is 2.32. The largest absolute Gasteiger partial charge is 0.494 e. The fourth-order valence-corrected chi connectivity index (χ4v) is 5.34. The van der Waals surface area contributed by atoms with Crippen molar-refractivity contribution >= 4 is 29.9 Å². The number of methoxy groups -OCH3 is 1. The molecule has 1 saturated carbocycles. The van der Waals surface area contributed by atoms with E-state index in [9.17, 15) is 9.59 Å². The number of imide groups is 1. The van der Waals surface area contributed by atoms with Gasteiger partial charge in [0.15, 0.2) is 0 Å². The van der Waals surface area contributed by atoms with Crippen molar-refractivity contribution in [2.24, 2.45) is 23.3 Å². The molecule has 1 fully saturated rings. The van der Waals surface area contributed by atoms with Crippen molar-refractivity contribution in [3.63, 3.8) is 0 Å². The molecule has 11 nitrogen and oxygen atoms in total. The zero-order valence-corrected chi connectivity index (χ0v) is 24.2. The lowest BCUT2D eigenvalue weighted by Crippen LogP contribution is -2.50. The topological polar surface area (TPSA) is 166 Å². The number of benzene rings is 2. The van der Waals surface area contributed by atoms with E-state index in [4.69, 9.17) is 16.2 Å². The van der Waals surface area contributed by atoms with Gasteiger partial charge in [0.2, 0.25) is 11.7 Å². The lowest BCUT2D eigenvalue weighted by molar-refractivity contribution is -0.130. The normalized spacial score (nSPS) is 17.1. The van der Waals surface area contributed by atoms with Gasteiger partial charge in [-0.3, -0.25) is 14.6 Å². The van der Waals surface area contributed by atoms with Gasteiger partial charge in [0.25, 0.3) is 5.91 Å². The number of nitrogens with one attached hydrogen (secondary N) is 1. The van der Waals surface area contributed by atoms with E-state index < -0.39 is 11.9 Å². The summed E-state index contributed by atoms with van der Waals surface area (Å²) < 4.78 is 5.42. The number of carbonyl (C=O) groups excluding carboxylic acids is 2. The van der Waals surface area contributed by atoms with Crippen LogP contribution in [0.25, 0.3) is 22.5 Å². The molecule has 0 radical (unpaired) electrons. The molecule has 12 heteroatoms. The van der Waals surface area contributed by atoms with Crippen LogP contribution in [0.3, 0.4) is 0 Å². The second-order valence-corrected chi connectivity index (χ2v) is 10.3. The average molecular weight is 591 g/mol. The number of hydrogen-bond donors (Lipinski definition) is 3. The Kier molecular flexibility index (Phi) is 10.3. The first-order valence-electron chi connectivity index (χ1n) is 13.7. The van der Waals surface area contributed by atoms with Gasteiger partial charge in [-0.1, -0.05) is 24.3 Å². The third-order valence-electron chi connectivity index (χ3n) is 7.74. The number of amides is 2. The summed E-state index contributed by atoms with van der Waals surface area (Å²) in [5.41, 5.74) is 16.3. The van der Waals surface area contributed by atoms with Crippen LogP contribution in [0, 0.1) is 11.8 Å². The third kappa shape index (κ3) is 6.81. The number of tetrazole rings is 1. The minimum absolute atomic E-state index is 0. The number of ether oxygens (including phenoxy) is 1. The number of hydrogen-bond acceptors (Lipinski definition) is 9. The van der Waals surface area contributed by atoms with Crippen molar-refractivity contribution in [1.29, 1.82) is 0 Å². The smallest absolute Gasteiger partial charge is 0.251 e. The lowest BCUT2D eigenvalue weighted by atomic mass is 9.81. The first-order chi connectivity index (χ1) is 20.0. The predicted octanol–water partition coefficient (Wildman–Crippen LogP) is 3.55. The Morgan fingerprint density at radius 2 is 1.71 bits per heavy atom. The molecule has 1 aliphatic rings. The summed E-state index contributed by atoms with van der Waals surface area (Å²) in [6.07, 6.45) is 6.78. The van der Waals surface area contributed by atoms with Gasteiger partial charge in [0.1, 0.15) is 5.75 Å². The molecule has 2 amide bonds. The van der Waals surface area contributed by atoms with Crippen molar-refractivity contribution < 1.29 is 14.3 Å². The van der Waals surface area contributed by atoms with Crippen LogP contribution in [-0.4, -0.2) is 57.1 Å². The molecule has 5 N–H and O–H groups in total. The van der Waals surface area contributed by atoms with E-state index in [-0.39, 0.29) is 30.7 Å². The molecule has 0 unspecified atom stereocenters. The van der Waals surface area contributed by atoms with Crippen LogP contribution < -0.4 is 21.1 Å². The van der Waals surface area contributed by atoms with Gasteiger partial charge in [0, 0.05) is 23.2 Å². The van der Waals surface area contributed by atoms with Gasteiger partial charge < -0.3 is 16.2 Å². The predicted molar refractivity (Wildman–Crippen MR) is 162 cm³/mol. The highest BCUT2D eigenvalue weighted by Gasteiger charge is 2.35. The zero-order valence-electron chi connectivity index (χ0n) is 23.3. The minimum atomic E-state index is -0.919.